The molecule has 1 unspecified atom stereocenters. The van der Waals surface area contributed by atoms with Crippen molar-refractivity contribution >= 4 is 24.9 Å². The van der Waals surface area contributed by atoms with Gasteiger partial charge in [0.2, 0.25) is 5.91 Å². The third-order valence-corrected chi connectivity index (χ3v) is 8.00. The Balaban J connectivity index is 2.08. The van der Waals surface area contributed by atoms with E-state index in [9.17, 15) is 27.6 Å². The molecule has 7 nitrogen and oxygen atoms in total. The number of halogens is 3. The van der Waals surface area contributed by atoms with Gasteiger partial charge in [-0.3, -0.25) is 14.2 Å². The predicted octanol–water partition coefficient (Wildman–Crippen LogP) is 5.28. The molecule has 0 aliphatic carbocycles. The van der Waals surface area contributed by atoms with E-state index in [1.807, 2.05) is 0 Å². The summed E-state index contributed by atoms with van der Waals surface area (Å²) in [6.07, 6.45) is -0.0864. The lowest BCUT2D eigenvalue weighted by atomic mass is 10.0. The Bertz CT molecular complexity index is 1510. The molecule has 3 aromatic rings. The maximum Gasteiger partial charge on any atom is 0.334 e. The van der Waals surface area contributed by atoms with Crippen LogP contribution in [0, 0.1) is 17.5 Å². The van der Waals surface area contributed by atoms with Crippen LogP contribution >= 0.6 is 0 Å². The van der Waals surface area contributed by atoms with Crippen LogP contribution in [0.2, 0.25) is 25.7 Å². The van der Waals surface area contributed by atoms with Crippen LogP contribution < -0.4 is 16.6 Å². The van der Waals surface area contributed by atoms with Crippen LogP contribution in [0.4, 0.5) is 13.2 Å². The highest BCUT2D eigenvalue weighted by Crippen LogP contribution is 2.21. The van der Waals surface area contributed by atoms with E-state index < -0.39 is 54.8 Å². The number of benzene rings is 2. The summed E-state index contributed by atoms with van der Waals surface area (Å²) in [5, 5.41) is 2.51. The van der Waals surface area contributed by atoms with Crippen molar-refractivity contribution < 1.29 is 22.7 Å². The zero-order chi connectivity index (χ0) is 29.1. The number of amides is 1. The Kier molecular flexibility index (Phi) is 9.39. The first kappa shape index (κ1) is 30.1. The molecule has 1 N–H and O–H groups in total. The zero-order valence-electron chi connectivity index (χ0n) is 22.8. The Labute approximate surface area is 225 Å². The number of hydrogen-bond donors (Lipinski definition) is 1. The summed E-state index contributed by atoms with van der Waals surface area (Å²) < 4.78 is 49.6. The molecule has 39 heavy (non-hydrogen) atoms. The normalized spacial score (nSPS) is 13.3. The summed E-state index contributed by atoms with van der Waals surface area (Å²) in [4.78, 5) is 40.7. The summed E-state index contributed by atoms with van der Waals surface area (Å²) in [6.45, 7) is 13.7. The molecule has 0 bridgehead atoms. The highest BCUT2D eigenvalue weighted by molar-refractivity contribution is 6.76. The predicted molar refractivity (Wildman–Crippen MR) is 148 cm³/mol. The van der Waals surface area contributed by atoms with Crippen molar-refractivity contribution in [3.8, 4) is 0 Å². The van der Waals surface area contributed by atoms with Gasteiger partial charge in [-0.15, -0.1) is 6.58 Å². The fourth-order valence-electron chi connectivity index (χ4n) is 4.17. The molecule has 11 heteroatoms. The first-order valence-electron chi connectivity index (χ1n) is 12.6. The van der Waals surface area contributed by atoms with Crippen molar-refractivity contribution in [1.29, 1.82) is 0 Å². The molecule has 1 amide bonds. The molecule has 0 radical (unpaired) electrons. The monoisotopic (exact) mass is 561 g/mol. The second kappa shape index (κ2) is 12.2. The van der Waals surface area contributed by atoms with Gasteiger partial charge in [0.05, 0.1) is 16.9 Å². The lowest BCUT2D eigenvalue weighted by molar-refractivity contribution is -0.125. The van der Waals surface area contributed by atoms with Crippen molar-refractivity contribution in [2.45, 2.75) is 64.8 Å². The first-order valence-corrected chi connectivity index (χ1v) is 16.3. The maximum absolute atomic E-state index is 14.3. The summed E-state index contributed by atoms with van der Waals surface area (Å²) in [5.74, 6) is -3.05. The van der Waals surface area contributed by atoms with E-state index in [-0.39, 0.29) is 29.6 Å². The van der Waals surface area contributed by atoms with Gasteiger partial charge in [-0.25, -0.2) is 22.5 Å². The van der Waals surface area contributed by atoms with Crippen LogP contribution in [-0.4, -0.2) is 29.7 Å². The Hall–Kier alpha value is -3.44. The van der Waals surface area contributed by atoms with E-state index in [1.54, 1.807) is 6.92 Å². The number of fused-ring (bicyclic) bond motifs is 1. The zero-order valence-corrected chi connectivity index (χ0v) is 23.8. The van der Waals surface area contributed by atoms with Gasteiger partial charge in [0, 0.05) is 26.3 Å². The molecular weight excluding hydrogens is 527 g/mol. The SMILES string of the molecule is C=C(C)CC(C(=O)N[C@H](C)c1ccc(F)cc1F)n1c(=O)c2cc(F)ccc2n(COCC[Si](C)(C)C)c1=O. The first-order chi connectivity index (χ1) is 18.2. The molecule has 0 spiro atoms. The highest BCUT2D eigenvalue weighted by Gasteiger charge is 2.28. The summed E-state index contributed by atoms with van der Waals surface area (Å²) >= 11 is 0. The van der Waals surface area contributed by atoms with Gasteiger partial charge in [0.25, 0.3) is 5.56 Å². The van der Waals surface area contributed by atoms with E-state index in [0.717, 1.165) is 28.8 Å². The molecule has 2 aromatic carbocycles. The molecule has 0 saturated carbocycles. The molecule has 0 aliphatic rings. The Morgan fingerprint density at radius 3 is 2.33 bits per heavy atom. The van der Waals surface area contributed by atoms with E-state index >= 15 is 0 Å². The van der Waals surface area contributed by atoms with Gasteiger partial charge in [-0.1, -0.05) is 31.3 Å². The largest absolute Gasteiger partial charge is 0.361 e. The average Bonchev–Trinajstić information content (AvgIpc) is 2.82. The molecule has 0 saturated heterocycles. The molecule has 1 aromatic heterocycles. The van der Waals surface area contributed by atoms with Gasteiger partial charge in [0.15, 0.2) is 0 Å². The summed E-state index contributed by atoms with van der Waals surface area (Å²) in [6, 6.07) is 5.01. The number of nitrogens with zero attached hydrogens (tertiary/aromatic N) is 2. The van der Waals surface area contributed by atoms with Gasteiger partial charge < -0.3 is 10.1 Å². The molecular formula is C28H34F3N3O4Si. The van der Waals surface area contributed by atoms with Crippen LogP contribution in [0.25, 0.3) is 10.9 Å². The number of carbonyl (C=O) groups is 1. The third-order valence-electron chi connectivity index (χ3n) is 6.30. The van der Waals surface area contributed by atoms with Crippen molar-refractivity contribution in [1.82, 2.24) is 14.5 Å². The van der Waals surface area contributed by atoms with Crippen LogP contribution in [0.15, 0.2) is 58.1 Å². The smallest absolute Gasteiger partial charge is 0.334 e. The second-order valence-electron chi connectivity index (χ2n) is 11.0. The van der Waals surface area contributed by atoms with Crippen molar-refractivity contribution in [3.05, 3.63) is 92.4 Å². The Morgan fingerprint density at radius 1 is 1.08 bits per heavy atom. The minimum atomic E-state index is -1.42. The van der Waals surface area contributed by atoms with Gasteiger partial charge >= 0.3 is 5.69 Å². The number of allylic oxidation sites excluding steroid dienone is 1. The van der Waals surface area contributed by atoms with Gasteiger partial charge in [0.1, 0.15) is 30.2 Å². The molecule has 1 heterocycles. The van der Waals surface area contributed by atoms with Crippen molar-refractivity contribution in [2.75, 3.05) is 6.61 Å². The highest BCUT2D eigenvalue weighted by atomic mass is 28.3. The van der Waals surface area contributed by atoms with Crippen molar-refractivity contribution in [2.24, 2.45) is 0 Å². The van der Waals surface area contributed by atoms with Crippen LogP contribution in [0.3, 0.4) is 0 Å². The number of hydrogen-bond acceptors (Lipinski definition) is 4. The minimum absolute atomic E-state index is 0.0277. The fraction of sp³-hybridized carbons (Fsp3) is 0.393. The summed E-state index contributed by atoms with van der Waals surface area (Å²) in [7, 11) is -1.42. The van der Waals surface area contributed by atoms with Crippen molar-refractivity contribution in [3.63, 3.8) is 0 Å². The number of aromatic nitrogens is 2. The quantitative estimate of drug-likeness (QED) is 0.196. The fourth-order valence-corrected chi connectivity index (χ4v) is 4.93. The number of rotatable bonds is 11. The van der Waals surface area contributed by atoms with Crippen LogP contribution in [0.1, 0.15) is 37.9 Å². The molecule has 0 aliphatic heterocycles. The van der Waals surface area contributed by atoms with E-state index in [1.165, 1.54) is 23.6 Å². The third kappa shape index (κ3) is 7.36. The van der Waals surface area contributed by atoms with Gasteiger partial charge in [-0.05, 0) is 50.6 Å². The summed E-state index contributed by atoms with van der Waals surface area (Å²) in [5.41, 5.74) is -0.963. The molecule has 3 rings (SSSR count). The Morgan fingerprint density at radius 2 is 1.72 bits per heavy atom. The topological polar surface area (TPSA) is 82.3 Å². The molecule has 210 valence electrons. The standard InChI is InChI=1S/C28H34F3N3O4Si/c1-17(2)13-25(26(35)32-18(3)21-9-7-20(30)15-23(21)31)34-27(36)22-14-19(29)8-10-24(22)33(28(34)37)16-38-11-12-39(4,5)6/h7-10,14-15,18,25H,1,11-13,16H2,2-6H3,(H,32,35)/t18-,25?/m1/s1. The minimum Gasteiger partial charge on any atom is -0.361 e. The van der Waals surface area contributed by atoms with Gasteiger partial charge in [-0.2, -0.15) is 0 Å². The van der Waals surface area contributed by atoms with Crippen LogP contribution in [-0.2, 0) is 16.3 Å². The second-order valence-corrected chi connectivity index (χ2v) is 16.6. The maximum atomic E-state index is 14.3. The van der Waals surface area contributed by atoms with E-state index in [4.69, 9.17) is 4.74 Å². The molecule has 2 atom stereocenters. The van der Waals surface area contributed by atoms with Crippen LogP contribution in [0.5, 0.6) is 0 Å². The van der Waals surface area contributed by atoms with E-state index in [0.29, 0.717) is 18.2 Å². The molecule has 0 fully saturated rings. The lowest BCUT2D eigenvalue weighted by Gasteiger charge is -2.24. The van der Waals surface area contributed by atoms with E-state index in [2.05, 4.69) is 31.5 Å². The average molecular weight is 562 g/mol. The number of nitrogens with one attached hydrogen (secondary N) is 1. The lowest BCUT2D eigenvalue weighted by Crippen LogP contribution is -2.47. The number of ether oxygens (including phenoxy) is 1. The number of carbonyl (C=O) groups excluding carboxylic acids is 1.